The van der Waals surface area contributed by atoms with E-state index in [1.165, 1.54) is 17.9 Å². The summed E-state index contributed by atoms with van der Waals surface area (Å²) in [5, 5.41) is 20.6. The molecular weight excluding hydrogens is 386 g/mol. The molecule has 27 heavy (non-hydrogen) atoms. The van der Waals surface area contributed by atoms with Crippen molar-refractivity contribution >= 4 is 40.6 Å². The van der Waals surface area contributed by atoms with Crippen molar-refractivity contribution in [1.82, 2.24) is 19.6 Å². The zero-order valence-electron chi connectivity index (χ0n) is 14.1. The van der Waals surface area contributed by atoms with E-state index in [1.807, 2.05) is 34.5 Å². The summed E-state index contributed by atoms with van der Waals surface area (Å²) in [5.74, 6) is 2.23. The Morgan fingerprint density at radius 3 is 2.78 bits per heavy atom. The topological polar surface area (TPSA) is 110 Å². The molecule has 0 atom stereocenters. The molecule has 0 amide bonds. The number of nitrogens with zero attached hydrogens (tertiary/aromatic N) is 6. The van der Waals surface area contributed by atoms with Gasteiger partial charge in [-0.2, -0.15) is 0 Å². The van der Waals surface area contributed by atoms with Crippen LogP contribution in [0.3, 0.4) is 0 Å². The maximum Gasteiger partial charge on any atom is 0.353 e. The molecule has 1 aliphatic heterocycles. The average molecular weight is 401 g/mol. The first-order valence-corrected chi connectivity index (χ1v) is 10.1. The molecule has 0 bridgehead atoms. The van der Waals surface area contributed by atoms with Crippen molar-refractivity contribution in [2.75, 3.05) is 28.4 Å². The Labute approximate surface area is 163 Å². The normalized spacial score (nSPS) is 13.7. The van der Waals surface area contributed by atoms with Crippen LogP contribution in [0.2, 0.25) is 0 Å². The van der Waals surface area contributed by atoms with Crippen LogP contribution < -0.4 is 10.2 Å². The van der Waals surface area contributed by atoms with Gasteiger partial charge in [0.25, 0.3) is 0 Å². The highest BCUT2D eigenvalue weighted by atomic mass is 32.2. The second kappa shape index (κ2) is 7.84. The van der Waals surface area contributed by atoms with Gasteiger partial charge in [0.1, 0.15) is 12.0 Å². The van der Waals surface area contributed by atoms with Gasteiger partial charge in [-0.05, 0) is 17.1 Å². The highest BCUT2D eigenvalue weighted by molar-refractivity contribution is 7.99. The van der Waals surface area contributed by atoms with E-state index in [-0.39, 0.29) is 11.5 Å². The lowest BCUT2D eigenvalue weighted by Crippen LogP contribution is -2.21. The number of thioether (sulfide) groups is 1. The highest BCUT2D eigenvalue weighted by Crippen LogP contribution is 2.34. The second-order valence-electron chi connectivity index (χ2n) is 5.79. The zero-order valence-corrected chi connectivity index (χ0v) is 15.7. The molecule has 3 heterocycles. The van der Waals surface area contributed by atoms with Crippen molar-refractivity contribution in [3.63, 3.8) is 0 Å². The first kappa shape index (κ1) is 17.6. The van der Waals surface area contributed by atoms with E-state index in [0.717, 1.165) is 29.1 Å². The minimum atomic E-state index is -0.418. The Kier molecular flexibility index (Phi) is 5.12. The molecule has 0 unspecified atom stereocenters. The van der Waals surface area contributed by atoms with Crippen LogP contribution >= 0.6 is 23.3 Å². The maximum absolute atomic E-state index is 11.6. The third-order valence-electron chi connectivity index (χ3n) is 4.11. The van der Waals surface area contributed by atoms with Crippen molar-refractivity contribution in [3.05, 3.63) is 51.7 Å². The lowest BCUT2D eigenvalue weighted by molar-refractivity contribution is -0.383. The number of aromatic nitrogens is 4. The summed E-state index contributed by atoms with van der Waals surface area (Å²) in [6.45, 7) is 1.16. The lowest BCUT2D eigenvalue weighted by atomic mass is 10.1. The summed E-state index contributed by atoms with van der Waals surface area (Å²) in [7, 11) is 0. The van der Waals surface area contributed by atoms with Crippen LogP contribution in [0, 0.1) is 10.1 Å². The van der Waals surface area contributed by atoms with Gasteiger partial charge in [0.05, 0.1) is 10.8 Å². The van der Waals surface area contributed by atoms with Crippen LogP contribution in [0.5, 0.6) is 0 Å². The van der Waals surface area contributed by atoms with E-state index in [2.05, 4.69) is 24.9 Å². The van der Waals surface area contributed by atoms with E-state index in [4.69, 9.17) is 0 Å². The van der Waals surface area contributed by atoms with Crippen molar-refractivity contribution in [1.29, 1.82) is 0 Å². The first-order valence-electron chi connectivity index (χ1n) is 8.14. The van der Waals surface area contributed by atoms with E-state index in [0.29, 0.717) is 18.2 Å². The molecule has 0 saturated carbocycles. The molecule has 11 heteroatoms. The van der Waals surface area contributed by atoms with Gasteiger partial charge in [-0.3, -0.25) is 10.1 Å². The summed E-state index contributed by atoms with van der Waals surface area (Å²) in [5.41, 5.74) is 2.71. The molecule has 1 aromatic carbocycles. The quantitative estimate of drug-likeness (QED) is 0.492. The predicted octanol–water partition coefficient (Wildman–Crippen LogP) is 3.03. The third kappa shape index (κ3) is 3.83. The molecule has 2 aromatic heterocycles. The Balaban J connectivity index is 1.52. The summed E-state index contributed by atoms with van der Waals surface area (Å²) < 4.78 is 3.86. The average Bonchev–Trinajstić information content (AvgIpc) is 3.40. The summed E-state index contributed by atoms with van der Waals surface area (Å²) in [4.78, 5) is 21.4. The molecule has 1 fully saturated rings. The molecule has 4 rings (SSSR count). The largest absolute Gasteiger partial charge is 0.360 e. The van der Waals surface area contributed by atoms with Gasteiger partial charge in [0.15, 0.2) is 0 Å². The predicted molar refractivity (Wildman–Crippen MR) is 106 cm³/mol. The lowest BCUT2D eigenvalue weighted by Gasteiger charge is -2.16. The Hall–Kier alpha value is -2.79. The van der Waals surface area contributed by atoms with E-state index in [1.54, 1.807) is 11.8 Å². The number of hydrogen-bond donors (Lipinski definition) is 1. The van der Waals surface area contributed by atoms with Crippen LogP contribution in [0.4, 0.5) is 17.3 Å². The molecule has 0 aliphatic carbocycles. The van der Waals surface area contributed by atoms with Gasteiger partial charge in [0.2, 0.25) is 11.6 Å². The van der Waals surface area contributed by atoms with Gasteiger partial charge < -0.3 is 10.2 Å². The van der Waals surface area contributed by atoms with Gasteiger partial charge in [-0.25, -0.2) is 9.97 Å². The summed E-state index contributed by atoms with van der Waals surface area (Å²) >= 11 is 3.03. The molecule has 0 radical (unpaired) electrons. The Morgan fingerprint density at radius 1 is 1.26 bits per heavy atom. The molecular formula is C16H15N7O2S2. The van der Waals surface area contributed by atoms with Crippen molar-refractivity contribution in [2.24, 2.45) is 0 Å². The fraction of sp³-hybridized carbons (Fsp3) is 0.250. The van der Waals surface area contributed by atoms with Crippen molar-refractivity contribution in [2.45, 2.75) is 6.54 Å². The minimum Gasteiger partial charge on any atom is -0.360 e. The minimum absolute atomic E-state index is 0.0785. The fourth-order valence-electron chi connectivity index (χ4n) is 2.75. The molecule has 9 nitrogen and oxygen atoms in total. The van der Waals surface area contributed by atoms with Crippen molar-refractivity contribution < 1.29 is 4.92 Å². The van der Waals surface area contributed by atoms with Crippen LogP contribution in [0.15, 0.2) is 36.0 Å². The Bertz CT molecular complexity index is 928. The van der Waals surface area contributed by atoms with E-state index in [9.17, 15) is 10.1 Å². The number of anilines is 2. The van der Waals surface area contributed by atoms with E-state index >= 15 is 0 Å². The monoisotopic (exact) mass is 401 g/mol. The fourth-order valence-corrected chi connectivity index (χ4v) is 4.16. The highest BCUT2D eigenvalue weighted by Gasteiger charge is 2.28. The SMILES string of the molecule is O=[N+]([O-])c1c(NCc2ccc(-c3csnn3)cc2)ncnc1N1CCSC1. The molecule has 1 N–H and O–H groups in total. The van der Waals surface area contributed by atoms with Crippen LogP contribution in [0.25, 0.3) is 11.3 Å². The standard InChI is InChI=1S/C16H15N7O2S2/c24-23(25)14-15(18-9-19-16(14)22-5-6-26-10-22)17-7-11-1-3-12(4-2-11)13-8-27-21-20-13/h1-4,8-9H,5-7,10H2,(H,17,18,19). The van der Waals surface area contributed by atoms with Gasteiger partial charge >= 0.3 is 5.69 Å². The third-order valence-corrected chi connectivity index (χ3v) is 5.58. The van der Waals surface area contributed by atoms with E-state index < -0.39 is 4.92 Å². The molecule has 3 aromatic rings. The van der Waals surface area contributed by atoms with Gasteiger partial charge in [0, 0.05) is 29.8 Å². The van der Waals surface area contributed by atoms with Gasteiger partial charge in [-0.1, -0.05) is 28.8 Å². The molecule has 1 saturated heterocycles. The maximum atomic E-state index is 11.6. The molecule has 1 aliphatic rings. The number of benzene rings is 1. The van der Waals surface area contributed by atoms with Crippen LogP contribution in [0.1, 0.15) is 5.56 Å². The molecule has 0 spiro atoms. The molecule has 138 valence electrons. The van der Waals surface area contributed by atoms with Crippen LogP contribution in [-0.2, 0) is 6.54 Å². The number of hydrogen-bond acceptors (Lipinski definition) is 10. The smallest absolute Gasteiger partial charge is 0.353 e. The first-order chi connectivity index (χ1) is 13.2. The number of rotatable bonds is 6. The summed E-state index contributed by atoms with van der Waals surface area (Å²) in [6, 6.07) is 7.81. The van der Waals surface area contributed by atoms with Crippen molar-refractivity contribution in [3.8, 4) is 11.3 Å². The van der Waals surface area contributed by atoms with Crippen LogP contribution in [-0.4, -0.2) is 42.7 Å². The number of nitro groups is 1. The summed E-state index contributed by atoms with van der Waals surface area (Å²) in [6.07, 6.45) is 1.37. The second-order valence-corrected chi connectivity index (χ2v) is 7.48. The Morgan fingerprint density at radius 2 is 2.11 bits per heavy atom. The number of nitrogens with one attached hydrogen (secondary N) is 1. The van der Waals surface area contributed by atoms with Gasteiger partial charge in [-0.15, -0.1) is 16.9 Å². The zero-order chi connectivity index (χ0) is 18.6.